The highest BCUT2D eigenvalue weighted by Gasteiger charge is 2.33. The number of thiophene rings is 1. The van der Waals surface area contributed by atoms with E-state index in [0.717, 1.165) is 11.1 Å². The van der Waals surface area contributed by atoms with Gasteiger partial charge in [0.05, 0.1) is 35.6 Å². The number of hydrogen-bond acceptors (Lipinski definition) is 7. The lowest BCUT2D eigenvalue weighted by atomic mass is 9.96. The molecule has 1 aliphatic rings. The van der Waals surface area contributed by atoms with Crippen LogP contribution in [-0.4, -0.2) is 24.3 Å². The minimum atomic E-state index is -0.615. The largest absolute Gasteiger partial charge is 0.497 e. The van der Waals surface area contributed by atoms with Gasteiger partial charge in [-0.15, -0.1) is 0 Å². The number of allylic oxidation sites excluding steroid dienone is 1. The van der Waals surface area contributed by atoms with Crippen LogP contribution in [-0.2, 0) is 9.53 Å². The van der Waals surface area contributed by atoms with Crippen LogP contribution in [0.2, 0.25) is 0 Å². The van der Waals surface area contributed by atoms with Crippen molar-refractivity contribution >= 4 is 34.7 Å². The molecule has 1 aliphatic heterocycles. The number of nitrogens with zero attached hydrogens (tertiary/aromatic N) is 2. The first-order valence-corrected chi connectivity index (χ1v) is 11.1. The van der Waals surface area contributed by atoms with Crippen molar-refractivity contribution in [2.75, 3.05) is 13.7 Å². The summed E-state index contributed by atoms with van der Waals surface area (Å²) in [7, 11) is 1.59. The Bertz CT molecular complexity index is 1280. The van der Waals surface area contributed by atoms with E-state index in [2.05, 4.69) is 4.99 Å². The Balaban J connectivity index is 1.95. The van der Waals surface area contributed by atoms with Crippen LogP contribution in [0, 0.1) is 0 Å². The van der Waals surface area contributed by atoms with E-state index in [1.165, 1.54) is 11.3 Å². The Morgan fingerprint density at radius 1 is 1.27 bits per heavy atom. The first kappa shape index (κ1) is 20.3. The van der Waals surface area contributed by atoms with Gasteiger partial charge in [0, 0.05) is 0 Å². The molecule has 4 rings (SSSR count). The molecular weight excluding hydrogens is 420 g/mol. The molecule has 1 atom stereocenters. The second kappa shape index (κ2) is 8.41. The molecule has 0 bridgehead atoms. The molecule has 30 heavy (non-hydrogen) atoms. The molecule has 0 aliphatic carbocycles. The normalized spacial score (nSPS) is 16.2. The van der Waals surface area contributed by atoms with Crippen LogP contribution in [0.4, 0.5) is 0 Å². The van der Waals surface area contributed by atoms with E-state index >= 15 is 0 Å². The maximum Gasteiger partial charge on any atom is 0.338 e. The average molecular weight is 441 g/mol. The Hall–Kier alpha value is -2.97. The number of benzene rings is 1. The highest BCUT2D eigenvalue weighted by Crippen LogP contribution is 2.31. The predicted octanol–water partition coefficient (Wildman–Crippen LogP) is 2.87. The number of fused-ring (bicyclic) bond motifs is 1. The molecule has 0 fully saturated rings. The fraction of sp³-hybridized carbons (Fsp3) is 0.227. The standard InChI is InChI=1S/C22H20N2O4S2/c1-4-28-21(26)18-13(2)23-22-24(19(18)15-5-7-16(27-3)8-6-15)20(25)17(30-22)11-14-9-10-29-12-14/h5-12,19H,4H2,1-3H3/b17-11+/t19-/m1/s1. The molecule has 0 unspecified atom stereocenters. The molecule has 154 valence electrons. The summed E-state index contributed by atoms with van der Waals surface area (Å²) in [5.41, 5.74) is 2.50. The molecule has 0 radical (unpaired) electrons. The molecule has 0 amide bonds. The smallest absolute Gasteiger partial charge is 0.338 e. The van der Waals surface area contributed by atoms with Gasteiger partial charge in [0.1, 0.15) is 5.75 Å². The van der Waals surface area contributed by atoms with Crippen LogP contribution >= 0.6 is 22.7 Å². The number of methoxy groups -OCH3 is 1. The van der Waals surface area contributed by atoms with Crippen LogP contribution in [0.15, 0.2) is 62.1 Å². The third-order valence-electron chi connectivity index (χ3n) is 4.79. The average Bonchev–Trinajstić information content (AvgIpc) is 3.36. The summed E-state index contributed by atoms with van der Waals surface area (Å²) in [6, 6.07) is 8.69. The summed E-state index contributed by atoms with van der Waals surface area (Å²) in [5, 5.41) is 3.94. The van der Waals surface area contributed by atoms with E-state index in [4.69, 9.17) is 9.47 Å². The van der Waals surface area contributed by atoms with Crippen LogP contribution < -0.4 is 19.6 Å². The van der Waals surface area contributed by atoms with Gasteiger partial charge in [-0.3, -0.25) is 9.36 Å². The van der Waals surface area contributed by atoms with Crippen molar-refractivity contribution in [3.8, 4) is 5.75 Å². The molecule has 0 N–H and O–H groups in total. The van der Waals surface area contributed by atoms with E-state index in [-0.39, 0.29) is 12.2 Å². The Morgan fingerprint density at radius 2 is 2.03 bits per heavy atom. The van der Waals surface area contributed by atoms with Crippen molar-refractivity contribution in [3.05, 3.63) is 83.2 Å². The van der Waals surface area contributed by atoms with Gasteiger partial charge in [0.25, 0.3) is 5.56 Å². The van der Waals surface area contributed by atoms with Crippen molar-refractivity contribution < 1.29 is 14.3 Å². The summed E-state index contributed by atoms with van der Waals surface area (Å²) < 4.78 is 12.7. The van der Waals surface area contributed by atoms with Gasteiger partial charge in [-0.05, 0) is 60.0 Å². The van der Waals surface area contributed by atoms with Crippen molar-refractivity contribution in [1.29, 1.82) is 0 Å². The van der Waals surface area contributed by atoms with E-state index in [1.54, 1.807) is 36.9 Å². The van der Waals surface area contributed by atoms with Gasteiger partial charge in [-0.2, -0.15) is 11.3 Å². The van der Waals surface area contributed by atoms with Crippen LogP contribution in [0.3, 0.4) is 0 Å². The number of aromatic nitrogens is 1. The van der Waals surface area contributed by atoms with E-state index < -0.39 is 12.0 Å². The third kappa shape index (κ3) is 3.64. The quantitative estimate of drug-likeness (QED) is 0.572. The van der Waals surface area contributed by atoms with Gasteiger partial charge in [0.2, 0.25) is 0 Å². The molecule has 2 aromatic heterocycles. The Labute approximate surface area is 181 Å². The van der Waals surface area contributed by atoms with Gasteiger partial charge < -0.3 is 9.47 Å². The topological polar surface area (TPSA) is 69.9 Å². The molecule has 1 aromatic carbocycles. The lowest BCUT2D eigenvalue weighted by Gasteiger charge is -2.24. The highest BCUT2D eigenvalue weighted by molar-refractivity contribution is 7.08. The second-order valence-electron chi connectivity index (χ2n) is 6.63. The number of thiazole rings is 1. The summed E-state index contributed by atoms with van der Waals surface area (Å²) in [6.45, 7) is 3.78. The molecule has 8 heteroatoms. The van der Waals surface area contributed by atoms with Crippen LogP contribution in [0.5, 0.6) is 5.75 Å². The monoisotopic (exact) mass is 440 g/mol. The second-order valence-corrected chi connectivity index (χ2v) is 8.42. The summed E-state index contributed by atoms with van der Waals surface area (Å²) in [5.74, 6) is 0.230. The number of ether oxygens (including phenoxy) is 2. The molecule has 0 saturated heterocycles. The van der Waals surface area contributed by atoms with Gasteiger partial charge >= 0.3 is 5.97 Å². The predicted molar refractivity (Wildman–Crippen MR) is 118 cm³/mol. The number of rotatable bonds is 5. The highest BCUT2D eigenvalue weighted by atomic mass is 32.1. The molecule has 3 aromatic rings. The maximum atomic E-state index is 13.4. The zero-order valence-electron chi connectivity index (χ0n) is 16.7. The Kier molecular flexibility index (Phi) is 5.69. The fourth-order valence-electron chi connectivity index (χ4n) is 3.40. The zero-order valence-corrected chi connectivity index (χ0v) is 18.4. The number of carbonyl (C=O) groups is 1. The van der Waals surface area contributed by atoms with E-state index in [1.807, 2.05) is 47.2 Å². The van der Waals surface area contributed by atoms with E-state index in [0.29, 0.717) is 26.4 Å². The van der Waals surface area contributed by atoms with Crippen molar-refractivity contribution in [2.45, 2.75) is 19.9 Å². The minimum Gasteiger partial charge on any atom is -0.497 e. The first-order valence-electron chi connectivity index (χ1n) is 9.39. The van der Waals surface area contributed by atoms with Gasteiger partial charge in [0.15, 0.2) is 4.80 Å². The molecule has 0 spiro atoms. The van der Waals surface area contributed by atoms with Crippen molar-refractivity contribution in [3.63, 3.8) is 0 Å². The van der Waals surface area contributed by atoms with Gasteiger partial charge in [-0.25, -0.2) is 9.79 Å². The maximum absolute atomic E-state index is 13.4. The SMILES string of the molecule is CCOC(=O)C1=C(C)N=c2s/c(=C/c3ccsc3)c(=O)n2[C@@H]1c1ccc(OC)cc1. The van der Waals surface area contributed by atoms with Crippen LogP contribution in [0.1, 0.15) is 31.0 Å². The van der Waals surface area contributed by atoms with Gasteiger partial charge in [-0.1, -0.05) is 23.5 Å². The first-order chi connectivity index (χ1) is 14.5. The lowest BCUT2D eigenvalue weighted by molar-refractivity contribution is -0.139. The zero-order chi connectivity index (χ0) is 21.3. The summed E-state index contributed by atoms with van der Waals surface area (Å²) in [6.07, 6.45) is 1.86. The van der Waals surface area contributed by atoms with Crippen molar-refractivity contribution in [1.82, 2.24) is 4.57 Å². The lowest BCUT2D eigenvalue weighted by Crippen LogP contribution is -2.39. The molecule has 0 saturated carbocycles. The van der Waals surface area contributed by atoms with Crippen LogP contribution in [0.25, 0.3) is 6.08 Å². The van der Waals surface area contributed by atoms with Crippen molar-refractivity contribution in [2.24, 2.45) is 4.99 Å². The number of hydrogen-bond donors (Lipinski definition) is 0. The minimum absolute atomic E-state index is 0.180. The Morgan fingerprint density at radius 3 is 2.67 bits per heavy atom. The number of esters is 1. The molecule has 3 heterocycles. The number of carbonyl (C=O) groups excluding carboxylic acids is 1. The van der Waals surface area contributed by atoms with E-state index in [9.17, 15) is 9.59 Å². The molecule has 6 nitrogen and oxygen atoms in total. The molecular formula is C22H20N2O4S2. The third-order valence-corrected chi connectivity index (χ3v) is 6.47. The summed E-state index contributed by atoms with van der Waals surface area (Å²) >= 11 is 2.89. The fourth-order valence-corrected chi connectivity index (χ4v) is 5.07. The summed E-state index contributed by atoms with van der Waals surface area (Å²) in [4.78, 5) is 31.3.